The van der Waals surface area contributed by atoms with E-state index in [0.717, 1.165) is 18.4 Å². The average molecular weight is 406 g/mol. The van der Waals surface area contributed by atoms with Crippen molar-refractivity contribution in [2.24, 2.45) is 5.92 Å². The molecule has 3 rings (SSSR count). The van der Waals surface area contributed by atoms with E-state index < -0.39 is 10.2 Å². The van der Waals surface area contributed by atoms with E-state index in [4.69, 9.17) is 4.42 Å². The van der Waals surface area contributed by atoms with Crippen LogP contribution in [0.25, 0.3) is 0 Å². The van der Waals surface area contributed by atoms with Crippen LogP contribution in [0.1, 0.15) is 41.4 Å². The van der Waals surface area contributed by atoms with Gasteiger partial charge in [-0.3, -0.25) is 4.79 Å². The predicted octanol–water partition coefficient (Wildman–Crippen LogP) is 2.62. The van der Waals surface area contributed by atoms with E-state index in [-0.39, 0.29) is 19.0 Å². The Morgan fingerprint density at radius 3 is 2.61 bits per heavy atom. The third kappa shape index (κ3) is 4.81. The molecule has 2 aromatic rings. The smallest absolute Gasteiger partial charge is 0.282 e. The number of rotatable bonds is 7. The predicted molar refractivity (Wildman–Crippen MR) is 107 cm³/mol. The normalized spacial score (nSPS) is 18.3. The number of carbonyl (C=O) groups excluding carboxylic acids is 1. The second kappa shape index (κ2) is 8.89. The third-order valence-electron chi connectivity index (χ3n) is 4.99. The lowest BCUT2D eigenvalue weighted by Gasteiger charge is -2.34. The Bertz CT molecular complexity index is 879. The van der Waals surface area contributed by atoms with E-state index >= 15 is 0 Å². The van der Waals surface area contributed by atoms with E-state index in [2.05, 4.69) is 12.2 Å². The maximum Gasteiger partial charge on any atom is 0.282 e. The zero-order chi connectivity index (χ0) is 20.1. The molecule has 2 heterocycles. The summed E-state index contributed by atoms with van der Waals surface area (Å²) in [4.78, 5) is 11.7. The zero-order valence-electron chi connectivity index (χ0n) is 16.3. The first kappa shape index (κ1) is 20.6. The topological polar surface area (TPSA) is 82.9 Å². The van der Waals surface area contributed by atoms with Crippen LogP contribution >= 0.6 is 0 Å². The van der Waals surface area contributed by atoms with Gasteiger partial charge in [-0.2, -0.15) is 17.0 Å². The highest BCUT2D eigenvalue weighted by Gasteiger charge is 2.33. The molecule has 28 heavy (non-hydrogen) atoms. The molecule has 1 N–H and O–H groups in total. The third-order valence-corrected chi connectivity index (χ3v) is 6.88. The highest BCUT2D eigenvalue weighted by atomic mass is 32.2. The van der Waals surface area contributed by atoms with Crippen molar-refractivity contribution in [3.8, 4) is 0 Å². The Morgan fingerprint density at radius 1 is 1.25 bits per heavy atom. The molecule has 1 aliphatic heterocycles. The van der Waals surface area contributed by atoms with Crippen LogP contribution in [-0.4, -0.2) is 43.1 Å². The summed E-state index contributed by atoms with van der Waals surface area (Å²) in [5.41, 5.74) is 1.35. The summed E-state index contributed by atoms with van der Waals surface area (Å²) in [6.07, 6.45) is 3.46. The first-order chi connectivity index (χ1) is 13.4. The summed E-state index contributed by atoms with van der Waals surface area (Å²) in [5.74, 6) is 0.769. The van der Waals surface area contributed by atoms with Gasteiger partial charge in [0, 0.05) is 32.2 Å². The molecule has 1 fully saturated rings. The Balaban J connectivity index is 1.83. The van der Waals surface area contributed by atoms with Crippen molar-refractivity contribution in [1.29, 1.82) is 0 Å². The van der Waals surface area contributed by atoms with Gasteiger partial charge in [-0.1, -0.05) is 19.1 Å². The molecule has 8 heteroatoms. The quantitative estimate of drug-likeness (QED) is 0.768. The van der Waals surface area contributed by atoms with E-state index in [0.29, 0.717) is 30.3 Å². The second-order valence-corrected chi connectivity index (χ2v) is 9.17. The largest absolute Gasteiger partial charge is 0.468 e. The number of piperidine rings is 1. The highest BCUT2D eigenvalue weighted by molar-refractivity contribution is 7.86. The van der Waals surface area contributed by atoms with Crippen LogP contribution in [0.15, 0.2) is 47.1 Å². The summed E-state index contributed by atoms with van der Waals surface area (Å²) in [5, 5.41) is 2.58. The van der Waals surface area contributed by atoms with Crippen LogP contribution in [0.2, 0.25) is 0 Å². The number of hydrogen-bond donors (Lipinski definition) is 1. The van der Waals surface area contributed by atoms with Gasteiger partial charge in [0.2, 0.25) is 0 Å². The molecule has 0 saturated carbocycles. The van der Waals surface area contributed by atoms with E-state index in [9.17, 15) is 13.2 Å². The maximum atomic E-state index is 13.3. The summed E-state index contributed by atoms with van der Waals surface area (Å²) in [6.45, 7) is 3.53. The van der Waals surface area contributed by atoms with Gasteiger partial charge in [0.05, 0.1) is 12.8 Å². The molecular formula is C20H27N3O4S. The number of amides is 1. The molecule has 1 atom stereocenters. The van der Waals surface area contributed by atoms with Crippen LogP contribution in [0.4, 0.5) is 0 Å². The van der Waals surface area contributed by atoms with Crippen molar-refractivity contribution in [3.63, 3.8) is 0 Å². The van der Waals surface area contributed by atoms with Gasteiger partial charge in [0.1, 0.15) is 5.76 Å². The summed E-state index contributed by atoms with van der Waals surface area (Å²) in [7, 11) is -2.06. The summed E-state index contributed by atoms with van der Waals surface area (Å²) in [6, 6.07) is 10.5. The summed E-state index contributed by atoms with van der Waals surface area (Å²) >= 11 is 0. The standard InChI is InChI=1S/C20H27N3O4S/c1-16-5-3-11-22(13-16)28(25,26)23(15-19-6-4-12-27-19)14-17-7-9-18(10-8-17)20(24)21-2/h4,6-10,12,16H,3,5,11,13-15H2,1-2H3,(H,21,24)/t16-/m1/s1. The molecule has 152 valence electrons. The number of nitrogens with one attached hydrogen (secondary N) is 1. The highest BCUT2D eigenvalue weighted by Crippen LogP contribution is 2.23. The van der Waals surface area contributed by atoms with Crippen molar-refractivity contribution >= 4 is 16.1 Å². The van der Waals surface area contributed by atoms with Gasteiger partial charge in [-0.25, -0.2) is 0 Å². The van der Waals surface area contributed by atoms with Gasteiger partial charge in [0.25, 0.3) is 16.1 Å². The van der Waals surface area contributed by atoms with Crippen molar-refractivity contribution < 1.29 is 17.6 Å². The minimum absolute atomic E-state index is 0.164. The van der Waals surface area contributed by atoms with E-state index in [1.165, 1.54) is 4.31 Å². The van der Waals surface area contributed by atoms with Gasteiger partial charge in [0.15, 0.2) is 0 Å². The first-order valence-electron chi connectivity index (χ1n) is 9.49. The Kier molecular flexibility index (Phi) is 6.53. The van der Waals surface area contributed by atoms with Gasteiger partial charge in [-0.15, -0.1) is 0 Å². The first-order valence-corrected chi connectivity index (χ1v) is 10.9. The van der Waals surface area contributed by atoms with Gasteiger partial charge in [-0.05, 0) is 48.6 Å². The van der Waals surface area contributed by atoms with Crippen LogP contribution in [0.5, 0.6) is 0 Å². The van der Waals surface area contributed by atoms with Gasteiger partial charge >= 0.3 is 0 Å². The summed E-state index contributed by atoms with van der Waals surface area (Å²) < 4.78 is 35.1. The molecule has 0 unspecified atom stereocenters. The molecule has 1 saturated heterocycles. The fraction of sp³-hybridized carbons (Fsp3) is 0.450. The zero-order valence-corrected chi connectivity index (χ0v) is 17.1. The minimum Gasteiger partial charge on any atom is -0.468 e. The average Bonchev–Trinajstić information content (AvgIpc) is 3.20. The number of nitrogens with zero attached hydrogens (tertiary/aromatic N) is 2. The fourth-order valence-corrected chi connectivity index (χ4v) is 5.16. The van der Waals surface area contributed by atoms with E-state index in [1.807, 2.05) is 0 Å². The van der Waals surface area contributed by atoms with Crippen molar-refractivity contribution in [3.05, 3.63) is 59.5 Å². The van der Waals surface area contributed by atoms with Gasteiger partial charge < -0.3 is 9.73 Å². The van der Waals surface area contributed by atoms with Crippen LogP contribution < -0.4 is 5.32 Å². The van der Waals surface area contributed by atoms with Crippen molar-refractivity contribution in [2.45, 2.75) is 32.9 Å². The van der Waals surface area contributed by atoms with Crippen LogP contribution in [0, 0.1) is 5.92 Å². The second-order valence-electron chi connectivity index (χ2n) is 7.24. The molecule has 7 nitrogen and oxygen atoms in total. The molecule has 0 spiro atoms. The monoisotopic (exact) mass is 405 g/mol. The number of benzene rings is 1. The Labute approximate surface area is 166 Å². The number of hydrogen-bond acceptors (Lipinski definition) is 4. The lowest BCUT2D eigenvalue weighted by atomic mass is 10.0. The molecule has 1 aliphatic rings. The molecule has 0 radical (unpaired) electrons. The fourth-order valence-electron chi connectivity index (χ4n) is 3.42. The Morgan fingerprint density at radius 2 is 2.00 bits per heavy atom. The van der Waals surface area contributed by atoms with Crippen molar-refractivity contribution in [1.82, 2.24) is 13.9 Å². The minimum atomic E-state index is -3.64. The van der Waals surface area contributed by atoms with E-state index in [1.54, 1.807) is 54.0 Å². The molecule has 0 aliphatic carbocycles. The maximum absolute atomic E-state index is 13.3. The number of furan rings is 1. The van der Waals surface area contributed by atoms with Crippen LogP contribution in [0.3, 0.4) is 0 Å². The Hall–Kier alpha value is -2.16. The number of carbonyl (C=O) groups is 1. The molecular weight excluding hydrogens is 378 g/mol. The molecule has 1 aromatic carbocycles. The lowest BCUT2D eigenvalue weighted by Crippen LogP contribution is -2.47. The molecule has 0 bridgehead atoms. The lowest BCUT2D eigenvalue weighted by molar-refractivity contribution is 0.0963. The molecule has 1 aromatic heterocycles. The SMILES string of the molecule is CNC(=O)c1ccc(CN(Cc2ccco2)S(=O)(=O)N2CCC[C@@H](C)C2)cc1. The van der Waals surface area contributed by atoms with Crippen molar-refractivity contribution in [2.75, 3.05) is 20.1 Å². The molecule has 1 amide bonds. The van der Waals surface area contributed by atoms with Crippen LogP contribution in [-0.2, 0) is 23.3 Å².